The predicted octanol–water partition coefficient (Wildman–Crippen LogP) is 2.16. The molecule has 1 heterocycles. The lowest BCUT2D eigenvalue weighted by atomic mass is 9.98. The molecule has 1 saturated heterocycles. The Morgan fingerprint density at radius 2 is 1.52 bits per heavy atom. The maximum absolute atomic E-state index is 6.03. The third-order valence-corrected chi connectivity index (χ3v) is 4.50. The Balaban J connectivity index is 2.12. The highest BCUT2D eigenvalue weighted by Crippen LogP contribution is 2.27. The Kier molecular flexibility index (Phi) is 5.76. The first-order chi connectivity index (χ1) is 10.1. The summed E-state index contributed by atoms with van der Waals surface area (Å²) in [7, 11) is 3.49. The minimum Gasteiger partial charge on any atom is -0.377 e. The van der Waals surface area contributed by atoms with Crippen molar-refractivity contribution >= 4 is 0 Å². The second kappa shape index (κ2) is 7.36. The van der Waals surface area contributed by atoms with Crippen LogP contribution < -0.4 is 5.73 Å². The van der Waals surface area contributed by atoms with Crippen molar-refractivity contribution in [3.05, 3.63) is 35.4 Å². The predicted molar refractivity (Wildman–Crippen MR) is 85.5 cm³/mol. The Morgan fingerprint density at radius 3 is 1.90 bits per heavy atom. The van der Waals surface area contributed by atoms with Gasteiger partial charge in [-0.3, -0.25) is 4.90 Å². The van der Waals surface area contributed by atoms with Crippen LogP contribution in [0.5, 0.6) is 0 Å². The number of rotatable bonds is 6. The van der Waals surface area contributed by atoms with Gasteiger partial charge in [-0.1, -0.05) is 38.1 Å². The molecule has 21 heavy (non-hydrogen) atoms. The number of hydrogen-bond acceptors (Lipinski definition) is 4. The SMILES string of the molecule is COC1CN(C(CN)c2ccc(C(C)C)cc2)CC1OC. The summed E-state index contributed by atoms with van der Waals surface area (Å²) in [5, 5.41) is 0. The minimum atomic E-state index is 0.124. The van der Waals surface area contributed by atoms with E-state index in [-0.39, 0.29) is 18.2 Å². The van der Waals surface area contributed by atoms with Crippen LogP contribution >= 0.6 is 0 Å². The summed E-state index contributed by atoms with van der Waals surface area (Å²) < 4.78 is 11.0. The quantitative estimate of drug-likeness (QED) is 0.873. The zero-order valence-electron chi connectivity index (χ0n) is 13.6. The second-order valence-corrected chi connectivity index (χ2v) is 6.08. The van der Waals surface area contributed by atoms with E-state index in [1.54, 1.807) is 14.2 Å². The molecule has 2 N–H and O–H groups in total. The summed E-state index contributed by atoms with van der Waals surface area (Å²) >= 11 is 0. The minimum absolute atomic E-state index is 0.124. The third kappa shape index (κ3) is 3.64. The van der Waals surface area contributed by atoms with Crippen molar-refractivity contribution in [2.45, 2.75) is 38.0 Å². The van der Waals surface area contributed by atoms with Gasteiger partial charge >= 0.3 is 0 Å². The lowest BCUT2D eigenvalue weighted by Gasteiger charge is -2.27. The summed E-state index contributed by atoms with van der Waals surface area (Å²) in [5.41, 5.74) is 8.67. The Labute approximate surface area is 128 Å². The zero-order chi connectivity index (χ0) is 15.4. The van der Waals surface area contributed by atoms with Gasteiger partial charge in [0.1, 0.15) is 0 Å². The maximum atomic E-state index is 6.03. The van der Waals surface area contributed by atoms with Crippen LogP contribution in [0.4, 0.5) is 0 Å². The smallest absolute Gasteiger partial charge is 0.0972 e. The standard InChI is InChI=1S/C17H28N2O2/c1-12(2)13-5-7-14(8-6-13)15(9-18)19-10-16(20-3)17(11-19)21-4/h5-8,12,15-17H,9-11,18H2,1-4H3. The molecule has 0 saturated carbocycles. The maximum Gasteiger partial charge on any atom is 0.0972 e. The van der Waals surface area contributed by atoms with Crippen LogP contribution in [-0.2, 0) is 9.47 Å². The Bertz CT molecular complexity index is 421. The zero-order valence-corrected chi connectivity index (χ0v) is 13.6. The Hall–Kier alpha value is -0.940. The fourth-order valence-corrected chi connectivity index (χ4v) is 3.08. The normalized spacial score (nSPS) is 24.7. The van der Waals surface area contributed by atoms with Gasteiger partial charge in [-0.25, -0.2) is 0 Å². The summed E-state index contributed by atoms with van der Waals surface area (Å²) in [4.78, 5) is 2.37. The lowest BCUT2D eigenvalue weighted by molar-refractivity contribution is -0.00461. The third-order valence-electron chi connectivity index (χ3n) is 4.50. The molecule has 4 nitrogen and oxygen atoms in total. The molecule has 3 unspecified atom stereocenters. The first-order valence-corrected chi connectivity index (χ1v) is 7.70. The van der Waals surface area contributed by atoms with Gasteiger partial charge in [0.05, 0.1) is 12.2 Å². The van der Waals surface area contributed by atoms with E-state index in [2.05, 4.69) is 43.0 Å². The van der Waals surface area contributed by atoms with Gasteiger partial charge in [-0.15, -0.1) is 0 Å². The lowest BCUT2D eigenvalue weighted by Crippen LogP contribution is -2.33. The van der Waals surface area contributed by atoms with Crippen molar-refractivity contribution in [3.63, 3.8) is 0 Å². The molecule has 0 aliphatic carbocycles. The molecule has 0 spiro atoms. The number of methoxy groups -OCH3 is 2. The van der Waals surface area contributed by atoms with Crippen LogP contribution in [0.3, 0.4) is 0 Å². The van der Waals surface area contributed by atoms with E-state index >= 15 is 0 Å². The summed E-state index contributed by atoms with van der Waals surface area (Å²) in [6.45, 7) is 6.75. The summed E-state index contributed by atoms with van der Waals surface area (Å²) in [6, 6.07) is 9.05. The van der Waals surface area contributed by atoms with E-state index < -0.39 is 0 Å². The van der Waals surface area contributed by atoms with Crippen molar-refractivity contribution in [2.24, 2.45) is 5.73 Å². The first kappa shape index (κ1) is 16.4. The molecule has 0 bridgehead atoms. The van der Waals surface area contributed by atoms with Crippen LogP contribution in [0.25, 0.3) is 0 Å². The summed E-state index contributed by atoms with van der Waals surface area (Å²) in [6.07, 6.45) is 0.248. The largest absolute Gasteiger partial charge is 0.377 e. The number of ether oxygens (including phenoxy) is 2. The monoisotopic (exact) mass is 292 g/mol. The molecule has 3 atom stereocenters. The highest BCUT2D eigenvalue weighted by atomic mass is 16.5. The molecule has 4 heteroatoms. The molecule has 118 valence electrons. The average molecular weight is 292 g/mol. The first-order valence-electron chi connectivity index (χ1n) is 7.70. The molecule has 0 aromatic heterocycles. The van der Waals surface area contributed by atoms with Crippen molar-refractivity contribution in [3.8, 4) is 0 Å². The van der Waals surface area contributed by atoms with Gasteiger partial charge < -0.3 is 15.2 Å². The average Bonchev–Trinajstić information content (AvgIpc) is 2.91. The van der Waals surface area contributed by atoms with Crippen molar-refractivity contribution in [1.29, 1.82) is 0 Å². The summed E-state index contributed by atoms with van der Waals surface area (Å²) in [5.74, 6) is 0.554. The molecule has 0 radical (unpaired) electrons. The number of hydrogen-bond donors (Lipinski definition) is 1. The Morgan fingerprint density at radius 1 is 1.05 bits per heavy atom. The van der Waals surface area contributed by atoms with Gasteiger partial charge in [0, 0.05) is 39.9 Å². The van der Waals surface area contributed by atoms with E-state index in [0.717, 1.165) is 13.1 Å². The topological polar surface area (TPSA) is 47.7 Å². The molecular formula is C17H28N2O2. The number of nitrogens with two attached hydrogens (primary N) is 1. The van der Waals surface area contributed by atoms with Gasteiger partial charge in [0.2, 0.25) is 0 Å². The van der Waals surface area contributed by atoms with Gasteiger partial charge in [-0.05, 0) is 17.0 Å². The van der Waals surface area contributed by atoms with Crippen molar-refractivity contribution < 1.29 is 9.47 Å². The van der Waals surface area contributed by atoms with E-state index in [1.807, 2.05) is 0 Å². The fraction of sp³-hybridized carbons (Fsp3) is 0.647. The highest BCUT2D eigenvalue weighted by molar-refractivity contribution is 5.27. The highest BCUT2D eigenvalue weighted by Gasteiger charge is 2.36. The van der Waals surface area contributed by atoms with E-state index in [4.69, 9.17) is 15.2 Å². The molecule has 1 aromatic rings. The molecule has 2 rings (SSSR count). The number of likely N-dealkylation sites (tertiary alicyclic amines) is 1. The molecular weight excluding hydrogens is 264 g/mol. The number of nitrogens with zero attached hydrogens (tertiary/aromatic N) is 1. The fourth-order valence-electron chi connectivity index (χ4n) is 3.08. The van der Waals surface area contributed by atoms with Crippen LogP contribution in [0, 0.1) is 0 Å². The van der Waals surface area contributed by atoms with Crippen molar-refractivity contribution in [1.82, 2.24) is 4.90 Å². The van der Waals surface area contributed by atoms with Crippen LogP contribution in [-0.4, -0.2) is 51.0 Å². The van der Waals surface area contributed by atoms with E-state index in [0.29, 0.717) is 12.5 Å². The van der Waals surface area contributed by atoms with E-state index in [9.17, 15) is 0 Å². The molecule has 0 amide bonds. The van der Waals surface area contributed by atoms with Gasteiger partial charge in [0.15, 0.2) is 0 Å². The molecule has 1 fully saturated rings. The molecule has 1 aromatic carbocycles. The molecule has 1 aliphatic rings. The molecule has 1 aliphatic heterocycles. The van der Waals surface area contributed by atoms with Gasteiger partial charge in [0.25, 0.3) is 0 Å². The van der Waals surface area contributed by atoms with Crippen LogP contribution in [0.2, 0.25) is 0 Å². The van der Waals surface area contributed by atoms with Gasteiger partial charge in [-0.2, -0.15) is 0 Å². The van der Waals surface area contributed by atoms with Crippen molar-refractivity contribution in [2.75, 3.05) is 33.9 Å². The number of benzene rings is 1. The van der Waals surface area contributed by atoms with Crippen LogP contribution in [0.15, 0.2) is 24.3 Å². The second-order valence-electron chi connectivity index (χ2n) is 6.08. The van der Waals surface area contributed by atoms with E-state index in [1.165, 1.54) is 11.1 Å². The van der Waals surface area contributed by atoms with Crippen LogP contribution in [0.1, 0.15) is 36.9 Å².